The van der Waals surface area contributed by atoms with Crippen molar-refractivity contribution in [3.63, 3.8) is 0 Å². The lowest BCUT2D eigenvalue weighted by molar-refractivity contribution is -0.884. The van der Waals surface area contributed by atoms with Crippen LogP contribution in [0.4, 0.5) is 0 Å². The van der Waals surface area contributed by atoms with Crippen molar-refractivity contribution in [1.82, 2.24) is 0 Å². The van der Waals surface area contributed by atoms with Gasteiger partial charge in [0.25, 0.3) is 5.52 Å². The Balaban J connectivity index is 2.79. The number of methoxy groups -OCH3 is 1. The zero-order valence-electron chi connectivity index (χ0n) is 7.57. The van der Waals surface area contributed by atoms with Crippen LogP contribution in [0.25, 0.3) is 10.9 Å². The van der Waals surface area contributed by atoms with Gasteiger partial charge in [0, 0.05) is 16.9 Å². The van der Waals surface area contributed by atoms with Gasteiger partial charge in [-0.05, 0) is 12.1 Å². The molecule has 0 radical (unpaired) electrons. The van der Waals surface area contributed by atoms with Crippen LogP contribution in [0.1, 0.15) is 0 Å². The van der Waals surface area contributed by atoms with Gasteiger partial charge in [0.15, 0.2) is 0 Å². The van der Waals surface area contributed by atoms with E-state index in [2.05, 4.69) is 0 Å². The fraction of sp³-hybridized carbons (Fsp3) is 0.100. The average molecular weight is 211 g/mol. The molecular weight excluding hydrogens is 202 g/mol. The Labute approximate surface area is 86.1 Å². The third-order valence-electron chi connectivity index (χ3n) is 2.05. The highest BCUT2D eigenvalue weighted by Gasteiger charge is 2.11. The lowest BCUT2D eigenvalue weighted by Gasteiger charge is -2.02. The molecule has 3 nitrogen and oxygen atoms in total. The molecule has 0 aliphatic heterocycles. The van der Waals surface area contributed by atoms with Gasteiger partial charge >= 0.3 is 0 Å². The van der Waals surface area contributed by atoms with E-state index in [-0.39, 0.29) is 0 Å². The van der Waals surface area contributed by atoms with E-state index in [1.165, 1.54) is 0 Å². The van der Waals surface area contributed by atoms with E-state index < -0.39 is 0 Å². The van der Waals surface area contributed by atoms with Crippen LogP contribution in [0.2, 0.25) is 5.02 Å². The van der Waals surface area contributed by atoms with Crippen molar-refractivity contribution in [3.8, 4) is 5.75 Å². The number of hydrogen-bond donors (Lipinski definition) is 1. The van der Waals surface area contributed by atoms with Gasteiger partial charge in [-0.3, -0.25) is 5.21 Å². The second-order valence-corrected chi connectivity index (χ2v) is 3.31. The molecule has 1 aromatic heterocycles. The van der Waals surface area contributed by atoms with Crippen molar-refractivity contribution >= 4 is 22.5 Å². The summed E-state index contributed by atoms with van der Waals surface area (Å²) >= 11 is 5.93. The third kappa shape index (κ3) is 1.36. The Hall–Kier alpha value is -1.48. The topological polar surface area (TPSA) is 33.3 Å². The van der Waals surface area contributed by atoms with Crippen LogP contribution in [0.3, 0.4) is 0 Å². The molecule has 0 bridgehead atoms. The molecule has 1 heterocycles. The van der Waals surface area contributed by atoms with Gasteiger partial charge < -0.3 is 4.74 Å². The first-order valence-electron chi connectivity index (χ1n) is 4.09. The average Bonchev–Trinajstić information content (AvgIpc) is 2.19. The molecule has 4 heteroatoms. The van der Waals surface area contributed by atoms with Gasteiger partial charge in [-0.25, -0.2) is 0 Å². The summed E-state index contributed by atoms with van der Waals surface area (Å²) in [5.74, 6) is 0.602. The third-order valence-corrected chi connectivity index (χ3v) is 2.35. The molecule has 0 unspecified atom stereocenters. The van der Waals surface area contributed by atoms with Crippen molar-refractivity contribution in [2.24, 2.45) is 0 Å². The van der Waals surface area contributed by atoms with Crippen molar-refractivity contribution in [1.29, 1.82) is 0 Å². The summed E-state index contributed by atoms with van der Waals surface area (Å²) in [6.45, 7) is 0. The fourth-order valence-electron chi connectivity index (χ4n) is 1.36. The summed E-state index contributed by atoms with van der Waals surface area (Å²) in [5.41, 5.74) is 0.651. The SMILES string of the molecule is COc1cc2ccc[n+](O)c2cc1Cl. The molecule has 2 rings (SSSR count). The Morgan fingerprint density at radius 1 is 1.43 bits per heavy atom. The lowest BCUT2D eigenvalue weighted by atomic mass is 10.2. The quantitative estimate of drug-likeness (QED) is 0.577. The molecule has 0 aliphatic rings. The maximum Gasteiger partial charge on any atom is 0.266 e. The minimum absolute atomic E-state index is 0.481. The van der Waals surface area contributed by atoms with Gasteiger partial charge in [0.1, 0.15) is 5.75 Å². The standard InChI is InChI=1S/C10H9ClNO2/c1-14-10-5-7-3-2-4-12(13)9(7)6-8(10)11/h2-6,13H,1H3/q+1. The molecule has 0 saturated carbocycles. The van der Waals surface area contributed by atoms with E-state index in [1.54, 1.807) is 31.5 Å². The Bertz CT molecular complexity index is 485. The fourth-order valence-corrected chi connectivity index (χ4v) is 1.59. The van der Waals surface area contributed by atoms with Crippen LogP contribution in [0.5, 0.6) is 5.75 Å². The molecule has 0 atom stereocenters. The van der Waals surface area contributed by atoms with E-state index in [4.69, 9.17) is 16.3 Å². The summed E-state index contributed by atoms with van der Waals surface area (Å²) in [4.78, 5) is 0. The molecule has 0 spiro atoms. The minimum atomic E-state index is 0.481. The largest absolute Gasteiger partial charge is 0.495 e. The minimum Gasteiger partial charge on any atom is -0.495 e. The number of rotatable bonds is 1. The Kier molecular flexibility index (Phi) is 2.17. The number of benzene rings is 1. The zero-order valence-corrected chi connectivity index (χ0v) is 8.32. The Morgan fingerprint density at radius 2 is 2.21 bits per heavy atom. The van der Waals surface area contributed by atoms with E-state index in [0.717, 1.165) is 10.1 Å². The number of aromatic nitrogens is 1. The maximum atomic E-state index is 9.48. The normalized spacial score (nSPS) is 10.4. The smallest absolute Gasteiger partial charge is 0.266 e. The molecule has 72 valence electrons. The van der Waals surface area contributed by atoms with Crippen LogP contribution in [-0.2, 0) is 0 Å². The molecule has 2 aromatic rings. The molecule has 0 saturated heterocycles. The number of nitrogens with zero attached hydrogens (tertiary/aromatic N) is 1. The molecule has 1 aromatic carbocycles. The van der Waals surface area contributed by atoms with E-state index in [0.29, 0.717) is 16.3 Å². The molecule has 0 amide bonds. The first kappa shape index (κ1) is 9.09. The van der Waals surface area contributed by atoms with Crippen molar-refractivity contribution in [3.05, 3.63) is 35.5 Å². The number of fused-ring (bicyclic) bond motifs is 1. The molecule has 0 aliphatic carbocycles. The van der Waals surface area contributed by atoms with E-state index in [9.17, 15) is 5.21 Å². The van der Waals surface area contributed by atoms with Crippen LogP contribution >= 0.6 is 11.6 Å². The molecule has 14 heavy (non-hydrogen) atoms. The second-order valence-electron chi connectivity index (χ2n) is 2.90. The lowest BCUT2D eigenvalue weighted by Crippen LogP contribution is -2.29. The number of hydrogen-bond acceptors (Lipinski definition) is 2. The van der Waals surface area contributed by atoms with Crippen molar-refractivity contribution in [2.45, 2.75) is 0 Å². The van der Waals surface area contributed by atoms with Crippen LogP contribution < -0.4 is 9.47 Å². The summed E-state index contributed by atoms with van der Waals surface area (Å²) in [6.07, 6.45) is 1.55. The predicted molar refractivity (Wildman–Crippen MR) is 52.9 cm³/mol. The van der Waals surface area contributed by atoms with Gasteiger partial charge in [0.2, 0.25) is 6.20 Å². The molecule has 0 fully saturated rings. The summed E-state index contributed by atoms with van der Waals surface area (Å²) in [5, 5.41) is 10.8. The van der Waals surface area contributed by atoms with Gasteiger partial charge in [-0.2, -0.15) is 0 Å². The maximum absolute atomic E-state index is 9.48. The van der Waals surface area contributed by atoms with E-state index >= 15 is 0 Å². The molecule has 1 N–H and O–H groups in total. The predicted octanol–water partition coefficient (Wildman–Crippen LogP) is 2.03. The zero-order chi connectivity index (χ0) is 10.1. The van der Waals surface area contributed by atoms with Crippen LogP contribution in [0, 0.1) is 0 Å². The number of halogens is 1. The summed E-state index contributed by atoms with van der Waals surface area (Å²) < 4.78 is 6.10. The van der Waals surface area contributed by atoms with Crippen molar-refractivity contribution in [2.75, 3.05) is 7.11 Å². The van der Waals surface area contributed by atoms with Crippen LogP contribution in [-0.4, -0.2) is 12.3 Å². The number of pyridine rings is 1. The highest BCUT2D eigenvalue weighted by Crippen LogP contribution is 2.27. The van der Waals surface area contributed by atoms with Crippen molar-refractivity contribution < 1.29 is 14.7 Å². The Morgan fingerprint density at radius 3 is 2.93 bits per heavy atom. The first-order valence-corrected chi connectivity index (χ1v) is 4.47. The summed E-state index contributed by atoms with van der Waals surface area (Å²) in [6, 6.07) is 7.07. The first-order chi connectivity index (χ1) is 6.72. The number of ether oxygens (including phenoxy) is 1. The highest BCUT2D eigenvalue weighted by atomic mass is 35.5. The second kappa shape index (κ2) is 3.35. The summed E-state index contributed by atoms with van der Waals surface area (Å²) in [7, 11) is 1.56. The highest BCUT2D eigenvalue weighted by molar-refractivity contribution is 6.32. The van der Waals surface area contributed by atoms with Gasteiger partial charge in [0.05, 0.1) is 17.5 Å². The van der Waals surface area contributed by atoms with Gasteiger partial charge in [-0.15, -0.1) is 0 Å². The molecular formula is C10H9ClNO2+. The van der Waals surface area contributed by atoms with Gasteiger partial charge in [-0.1, -0.05) is 11.6 Å². The monoisotopic (exact) mass is 210 g/mol. The van der Waals surface area contributed by atoms with Crippen LogP contribution in [0.15, 0.2) is 30.5 Å². The van der Waals surface area contributed by atoms with E-state index in [1.807, 2.05) is 6.07 Å².